The minimum atomic E-state index is 0.162. The van der Waals surface area contributed by atoms with E-state index in [0.717, 1.165) is 40.8 Å². The zero-order valence-corrected chi connectivity index (χ0v) is 18.9. The first-order valence-electron chi connectivity index (χ1n) is 11.3. The Morgan fingerprint density at radius 1 is 1.12 bits per heavy atom. The van der Waals surface area contributed by atoms with Crippen LogP contribution in [0.5, 0.6) is 5.75 Å². The summed E-state index contributed by atoms with van der Waals surface area (Å²) in [6.45, 7) is 3.98. The number of fused-ring (bicyclic) bond motifs is 1. The van der Waals surface area contributed by atoms with E-state index in [9.17, 15) is 4.79 Å². The first-order valence-corrected chi connectivity index (χ1v) is 11.3. The number of amides is 1. The molecule has 0 bridgehead atoms. The van der Waals surface area contributed by atoms with Crippen LogP contribution in [0.1, 0.15) is 36.8 Å². The van der Waals surface area contributed by atoms with Gasteiger partial charge in [-0.2, -0.15) is 10.1 Å². The molecule has 2 aromatic heterocycles. The van der Waals surface area contributed by atoms with Crippen LogP contribution in [-0.2, 0) is 11.3 Å². The zero-order chi connectivity index (χ0) is 22.8. The Morgan fingerprint density at radius 2 is 1.88 bits per heavy atom. The second-order valence-corrected chi connectivity index (χ2v) is 8.42. The maximum absolute atomic E-state index is 12.8. The van der Waals surface area contributed by atoms with Crippen molar-refractivity contribution in [2.75, 3.05) is 20.2 Å². The molecule has 0 radical (unpaired) electrons. The maximum Gasteiger partial charge on any atom is 0.230 e. The van der Waals surface area contributed by atoms with Gasteiger partial charge in [-0.15, -0.1) is 0 Å². The minimum absolute atomic E-state index is 0.162. The van der Waals surface area contributed by atoms with E-state index in [4.69, 9.17) is 9.26 Å². The summed E-state index contributed by atoms with van der Waals surface area (Å²) < 4.78 is 12.7. The van der Waals surface area contributed by atoms with Gasteiger partial charge in [0.05, 0.1) is 24.9 Å². The van der Waals surface area contributed by atoms with Gasteiger partial charge in [-0.3, -0.25) is 9.48 Å². The van der Waals surface area contributed by atoms with Crippen LogP contribution in [-0.4, -0.2) is 50.9 Å². The summed E-state index contributed by atoms with van der Waals surface area (Å²) in [5.41, 5.74) is 2.96. The van der Waals surface area contributed by atoms with Crippen molar-refractivity contribution in [1.82, 2.24) is 24.8 Å². The summed E-state index contributed by atoms with van der Waals surface area (Å²) in [4.78, 5) is 19.4. The highest BCUT2D eigenvalue weighted by atomic mass is 16.5. The number of methoxy groups -OCH3 is 1. The molecule has 0 N–H and O–H groups in total. The maximum atomic E-state index is 12.8. The van der Waals surface area contributed by atoms with Gasteiger partial charge >= 0.3 is 0 Å². The first-order chi connectivity index (χ1) is 16.1. The summed E-state index contributed by atoms with van der Waals surface area (Å²) in [5, 5.41) is 9.89. The quantitative estimate of drug-likeness (QED) is 0.442. The molecule has 0 unspecified atom stereocenters. The SMILES string of the molecule is COc1ccc(-c2noc(C3CCN(C(=O)CCn4nc(C)c5ccccc54)CC3)n2)cc1. The largest absolute Gasteiger partial charge is 0.497 e. The molecule has 1 aliphatic rings. The third-order valence-electron chi connectivity index (χ3n) is 6.37. The normalized spacial score (nSPS) is 14.7. The average molecular weight is 446 g/mol. The van der Waals surface area contributed by atoms with Crippen LogP contribution >= 0.6 is 0 Å². The highest BCUT2D eigenvalue weighted by molar-refractivity contribution is 5.82. The predicted octanol–water partition coefficient (Wildman–Crippen LogP) is 4.20. The fraction of sp³-hybridized carbons (Fsp3) is 0.360. The lowest BCUT2D eigenvalue weighted by atomic mass is 9.96. The van der Waals surface area contributed by atoms with Crippen LogP contribution < -0.4 is 4.74 Å². The summed E-state index contributed by atoms with van der Waals surface area (Å²) >= 11 is 0. The van der Waals surface area contributed by atoms with Gasteiger partial charge in [-0.05, 0) is 50.1 Å². The fourth-order valence-corrected chi connectivity index (χ4v) is 4.46. The average Bonchev–Trinajstić information content (AvgIpc) is 3.48. The lowest BCUT2D eigenvalue weighted by Crippen LogP contribution is -2.38. The van der Waals surface area contributed by atoms with Crippen molar-refractivity contribution in [3.63, 3.8) is 0 Å². The molecule has 5 rings (SSSR count). The molecule has 4 aromatic rings. The van der Waals surface area contributed by atoms with Crippen molar-refractivity contribution in [3.05, 3.63) is 60.1 Å². The van der Waals surface area contributed by atoms with Crippen LogP contribution in [0, 0.1) is 6.92 Å². The number of carbonyl (C=O) groups is 1. The Balaban J connectivity index is 1.16. The summed E-state index contributed by atoms with van der Waals surface area (Å²) in [6, 6.07) is 15.7. The van der Waals surface area contributed by atoms with Gasteiger partial charge in [-0.25, -0.2) is 0 Å². The molecule has 1 amide bonds. The number of rotatable bonds is 6. The van der Waals surface area contributed by atoms with Gasteiger partial charge in [0.15, 0.2) is 0 Å². The number of aryl methyl sites for hydroxylation is 2. The molecule has 0 saturated carbocycles. The van der Waals surface area contributed by atoms with Crippen LogP contribution in [0.2, 0.25) is 0 Å². The van der Waals surface area contributed by atoms with E-state index >= 15 is 0 Å². The molecule has 0 spiro atoms. The van der Waals surface area contributed by atoms with Gasteiger partial charge < -0.3 is 14.2 Å². The topological polar surface area (TPSA) is 86.3 Å². The van der Waals surface area contributed by atoms with Crippen molar-refractivity contribution in [3.8, 4) is 17.1 Å². The van der Waals surface area contributed by atoms with Crippen molar-refractivity contribution in [1.29, 1.82) is 0 Å². The number of ether oxygens (including phenoxy) is 1. The molecule has 2 aromatic carbocycles. The molecule has 3 heterocycles. The highest BCUT2D eigenvalue weighted by Gasteiger charge is 2.27. The Labute approximate surface area is 192 Å². The predicted molar refractivity (Wildman–Crippen MR) is 124 cm³/mol. The lowest BCUT2D eigenvalue weighted by molar-refractivity contribution is -0.132. The Bertz CT molecular complexity index is 1250. The van der Waals surface area contributed by atoms with Crippen molar-refractivity contribution < 1.29 is 14.1 Å². The zero-order valence-electron chi connectivity index (χ0n) is 18.9. The van der Waals surface area contributed by atoms with Crippen molar-refractivity contribution >= 4 is 16.8 Å². The number of hydrogen-bond donors (Lipinski definition) is 0. The number of hydrogen-bond acceptors (Lipinski definition) is 6. The Morgan fingerprint density at radius 3 is 2.64 bits per heavy atom. The highest BCUT2D eigenvalue weighted by Crippen LogP contribution is 2.29. The van der Waals surface area contributed by atoms with Gasteiger partial charge in [-0.1, -0.05) is 23.4 Å². The second-order valence-electron chi connectivity index (χ2n) is 8.42. The number of carbonyl (C=O) groups excluding carboxylic acids is 1. The molecule has 0 aliphatic carbocycles. The number of likely N-dealkylation sites (tertiary alicyclic amines) is 1. The Hall–Kier alpha value is -3.68. The van der Waals surface area contributed by atoms with Crippen LogP contribution in [0.3, 0.4) is 0 Å². The van der Waals surface area contributed by atoms with Crippen LogP contribution in [0.25, 0.3) is 22.3 Å². The third-order valence-corrected chi connectivity index (χ3v) is 6.37. The molecule has 8 nitrogen and oxygen atoms in total. The molecule has 33 heavy (non-hydrogen) atoms. The fourth-order valence-electron chi connectivity index (χ4n) is 4.46. The van der Waals surface area contributed by atoms with E-state index in [0.29, 0.717) is 37.8 Å². The van der Waals surface area contributed by atoms with E-state index in [1.165, 1.54) is 0 Å². The van der Waals surface area contributed by atoms with Gasteiger partial charge in [0.1, 0.15) is 5.75 Å². The van der Waals surface area contributed by atoms with E-state index in [1.807, 2.05) is 52.9 Å². The molecular formula is C25H27N5O3. The summed E-state index contributed by atoms with van der Waals surface area (Å²) in [5.74, 6) is 2.34. The standard InChI is InChI=1S/C25H27N5O3/c1-17-21-5-3-4-6-22(21)30(27-17)16-13-23(31)29-14-11-19(12-15-29)25-26-24(28-33-25)18-7-9-20(32-2)10-8-18/h3-10,19H,11-16H2,1-2H3. The molecule has 8 heteroatoms. The molecular weight excluding hydrogens is 418 g/mol. The number of para-hydroxylation sites is 1. The van der Waals surface area contributed by atoms with Gasteiger partial charge in [0.25, 0.3) is 0 Å². The Kier molecular flexibility index (Phi) is 5.81. The van der Waals surface area contributed by atoms with E-state index in [1.54, 1.807) is 7.11 Å². The first kappa shape index (κ1) is 21.2. The monoisotopic (exact) mass is 445 g/mol. The van der Waals surface area contributed by atoms with Crippen LogP contribution in [0.4, 0.5) is 0 Å². The third kappa shape index (κ3) is 4.33. The molecule has 1 fully saturated rings. The number of benzene rings is 2. The molecule has 1 saturated heterocycles. The smallest absolute Gasteiger partial charge is 0.230 e. The number of nitrogens with zero attached hydrogens (tertiary/aromatic N) is 5. The number of aromatic nitrogens is 4. The molecule has 170 valence electrons. The van der Waals surface area contributed by atoms with Gasteiger partial charge in [0.2, 0.25) is 17.6 Å². The summed E-state index contributed by atoms with van der Waals surface area (Å²) in [7, 11) is 1.64. The van der Waals surface area contributed by atoms with Crippen LogP contribution in [0.15, 0.2) is 53.1 Å². The van der Waals surface area contributed by atoms with E-state index < -0.39 is 0 Å². The molecule has 1 aliphatic heterocycles. The number of piperidine rings is 1. The lowest BCUT2D eigenvalue weighted by Gasteiger charge is -2.30. The van der Waals surface area contributed by atoms with Crippen molar-refractivity contribution in [2.24, 2.45) is 0 Å². The summed E-state index contributed by atoms with van der Waals surface area (Å²) in [6.07, 6.45) is 2.08. The van der Waals surface area contributed by atoms with Crippen molar-refractivity contribution in [2.45, 2.75) is 38.6 Å². The second kappa shape index (κ2) is 9.05. The van der Waals surface area contributed by atoms with Gasteiger partial charge in [0, 0.05) is 36.4 Å². The molecule has 0 atom stereocenters. The van der Waals surface area contributed by atoms with E-state index in [-0.39, 0.29) is 11.8 Å². The van der Waals surface area contributed by atoms with E-state index in [2.05, 4.69) is 27.4 Å². The minimum Gasteiger partial charge on any atom is -0.497 e.